The number of nitrogens with one attached hydrogen (secondary N) is 2. The van der Waals surface area contributed by atoms with Gasteiger partial charge in [0.15, 0.2) is 17.3 Å². The Hall–Kier alpha value is -2.29. The maximum absolute atomic E-state index is 13.6. The third-order valence-corrected chi connectivity index (χ3v) is 4.49. The molecule has 0 bridgehead atoms. The fourth-order valence-electron chi connectivity index (χ4n) is 1.94. The number of halogens is 7. The van der Waals surface area contributed by atoms with E-state index in [0.29, 0.717) is 4.68 Å². The summed E-state index contributed by atoms with van der Waals surface area (Å²) in [6.07, 6.45) is -4.01. The van der Waals surface area contributed by atoms with Gasteiger partial charge in [-0.3, -0.25) is 5.41 Å². The van der Waals surface area contributed by atoms with Gasteiger partial charge >= 0.3 is 26.2 Å². The predicted molar refractivity (Wildman–Crippen MR) is 98.6 cm³/mol. The summed E-state index contributed by atoms with van der Waals surface area (Å²) in [4.78, 5) is 0. The van der Waals surface area contributed by atoms with Gasteiger partial charge in [0.2, 0.25) is 0 Å². The number of alkyl halides is 7. The molecule has 0 aliphatic rings. The summed E-state index contributed by atoms with van der Waals surface area (Å²) in [5, 5.41) is 23.1. The lowest BCUT2D eigenvalue weighted by atomic mass is 9.84. The molecule has 0 aromatic carbocycles. The Morgan fingerprint density at radius 2 is 1.74 bits per heavy atom. The average Bonchev–Trinajstić information content (AvgIpc) is 3.05. The van der Waals surface area contributed by atoms with Crippen molar-refractivity contribution in [3.63, 3.8) is 0 Å². The summed E-state index contributed by atoms with van der Waals surface area (Å²) in [6.45, 7) is 2.38. The van der Waals surface area contributed by atoms with Crippen LogP contribution in [-0.2, 0) is 9.39 Å². The summed E-state index contributed by atoms with van der Waals surface area (Å²) < 4.78 is 101. The third kappa shape index (κ3) is 6.12. The van der Waals surface area contributed by atoms with Crippen molar-refractivity contribution < 1.29 is 45.2 Å². The van der Waals surface area contributed by atoms with Crippen LogP contribution in [0, 0.1) is 5.41 Å². The first kappa shape index (κ1) is 26.7. The van der Waals surface area contributed by atoms with E-state index >= 15 is 0 Å². The first-order chi connectivity index (χ1) is 13.8. The van der Waals surface area contributed by atoms with Gasteiger partial charge in [-0.25, -0.2) is 4.68 Å². The number of allylic oxidation sites excluding steroid dienone is 1. The van der Waals surface area contributed by atoms with E-state index in [1.807, 2.05) is 0 Å². The van der Waals surface area contributed by atoms with E-state index < -0.39 is 47.2 Å². The number of aromatic nitrogens is 2. The zero-order valence-electron chi connectivity index (χ0n) is 17.2. The van der Waals surface area contributed by atoms with E-state index in [1.54, 1.807) is 13.8 Å². The molecule has 0 unspecified atom stereocenters. The van der Waals surface area contributed by atoms with Crippen LogP contribution in [0.5, 0.6) is 0 Å². The zero-order chi connectivity index (χ0) is 24.4. The highest BCUT2D eigenvalue weighted by molar-refractivity contribution is 6.46. The van der Waals surface area contributed by atoms with Crippen LogP contribution in [0.1, 0.15) is 27.7 Å². The zero-order valence-corrected chi connectivity index (χ0v) is 17.2. The standard InChI is InChI=1S/C16H22BF7N4O3/c1-13(2,29)14(3,4)31-17-8-6-27-28(7-8)11(26-5)9(30-12(18)19)10(25)15(20,21)16(22,23)24/h6-7,12,17,25-26,29H,1-5H3/b11-9-,25-10?. The highest BCUT2D eigenvalue weighted by atomic mass is 19.4. The molecule has 1 rings (SSSR count). The van der Waals surface area contributed by atoms with Gasteiger partial charge in [-0.1, -0.05) is 0 Å². The van der Waals surface area contributed by atoms with E-state index in [2.05, 4.69) is 15.2 Å². The quantitative estimate of drug-likeness (QED) is 0.215. The minimum absolute atomic E-state index is 0.171. The van der Waals surface area contributed by atoms with Gasteiger partial charge in [0.25, 0.3) is 0 Å². The topological polar surface area (TPSA) is 92.4 Å². The molecule has 1 aromatic rings. The molecule has 1 aromatic heterocycles. The van der Waals surface area contributed by atoms with Crippen molar-refractivity contribution in [3.05, 3.63) is 18.2 Å². The molecule has 3 N–H and O–H groups in total. The van der Waals surface area contributed by atoms with Crippen LogP contribution in [0.2, 0.25) is 0 Å². The summed E-state index contributed by atoms with van der Waals surface area (Å²) in [7, 11) is 0.855. The molecule has 176 valence electrons. The SMILES string of the molecule is CN/C(=C(/OC(F)F)C(=N)C(F)(F)C(F)(F)F)n1cc(BOC(C)(C)C(C)(C)O)cn1. The van der Waals surface area contributed by atoms with Gasteiger partial charge in [0, 0.05) is 19.4 Å². The molecule has 0 saturated carbocycles. The molecule has 0 aliphatic carbocycles. The Labute approximate surface area is 174 Å². The van der Waals surface area contributed by atoms with Crippen LogP contribution in [0.3, 0.4) is 0 Å². The van der Waals surface area contributed by atoms with Gasteiger partial charge in [0.05, 0.1) is 11.2 Å². The molecule has 7 nitrogen and oxygen atoms in total. The van der Waals surface area contributed by atoms with Crippen LogP contribution >= 0.6 is 0 Å². The summed E-state index contributed by atoms with van der Waals surface area (Å²) >= 11 is 0. The second kappa shape index (κ2) is 9.06. The molecule has 15 heteroatoms. The Balaban J connectivity index is 3.35. The van der Waals surface area contributed by atoms with E-state index in [9.17, 15) is 35.8 Å². The molecule has 0 saturated heterocycles. The van der Waals surface area contributed by atoms with Crippen LogP contribution in [0.25, 0.3) is 5.82 Å². The molecule has 0 amide bonds. The molecule has 1 heterocycles. The first-order valence-electron chi connectivity index (χ1n) is 8.66. The maximum Gasteiger partial charge on any atom is 0.459 e. The molecule has 0 spiro atoms. The molecule has 31 heavy (non-hydrogen) atoms. The molecule has 0 aliphatic heterocycles. The molecule has 0 atom stereocenters. The summed E-state index contributed by atoms with van der Waals surface area (Å²) in [5.41, 5.74) is -4.57. The summed E-state index contributed by atoms with van der Waals surface area (Å²) in [6, 6.07) is 0. The molecule has 0 fully saturated rings. The highest BCUT2D eigenvalue weighted by Gasteiger charge is 2.62. The van der Waals surface area contributed by atoms with Gasteiger partial charge in [-0.05, 0) is 33.2 Å². The highest BCUT2D eigenvalue weighted by Crippen LogP contribution is 2.39. The van der Waals surface area contributed by atoms with Crippen LogP contribution in [-0.4, -0.2) is 65.0 Å². The second-order valence-corrected chi connectivity index (χ2v) is 7.40. The van der Waals surface area contributed by atoms with Crippen molar-refractivity contribution in [2.75, 3.05) is 7.05 Å². The van der Waals surface area contributed by atoms with Crippen LogP contribution < -0.4 is 10.8 Å². The van der Waals surface area contributed by atoms with Gasteiger partial charge in [-0.15, -0.1) is 0 Å². The normalized spacial score (nSPS) is 14.4. The van der Waals surface area contributed by atoms with Crippen LogP contribution in [0.4, 0.5) is 30.7 Å². The van der Waals surface area contributed by atoms with Gasteiger partial charge < -0.3 is 19.8 Å². The first-order valence-corrected chi connectivity index (χ1v) is 8.66. The fourth-order valence-corrected chi connectivity index (χ4v) is 1.94. The van der Waals surface area contributed by atoms with Crippen LogP contribution in [0.15, 0.2) is 18.2 Å². The number of hydrogen-bond acceptors (Lipinski definition) is 6. The number of rotatable bonds is 10. The van der Waals surface area contributed by atoms with E-state index in [-0.39, 0.29) is 12.9 Å². The fraction of sp³-hybridized carbons (Fsp3) is 0.625. The van der Waals surface area contributed by atoms with E-state index in [0.717, 1.165) is 19.4 Å². The van der Waals surface area contributed by atoms with Crippen molar-refractivity contribution >= 4 is 24.5 Å². The Bertz CT molecular complexity index is 817. The number of hydrogen-bond donors (Lipinski definition) is 3. The van der Waals surface area contributed by atoms with Crippen molar-refractivity contribution in [1.29, 1.82) is 5.41 Å². The lowest BCUT2D eigenvalue weighted by Gasteiger charge is -2.37. The van der Waals surface area contributed by atoms with Crippen molar-refractivity contribution in [2.24, 2.45) is 0 Å². The number of aliphatic hydroxyl groups is 1. The average molecular weight is 462 g/mol. The molecular formula is C16H22BF7N4O3. The van der Waals surface area contributed by atoms with Crippen molar-refractivity contribution in [2.45, 2.75) is 57.6 Å². The minimum atomic E-state index is -6.22. The van der Waals surface area contributed by atoms with Gasteiger partial charge in [0.1, 0.15) is 0 Å². The lowest BCUT2D eigenvalue weighted by molar-refractivity contribution is -0.250. The predicted octanol–water partition coefficient (Wildman–Crippen LogP) is 2.23. The molecule has 0 radical (unpaired) electrons. The summed E-state index contributed by atoms with van der Waals surface area (Å²) in [5.74, 6) is -8.37. The minimum Gasteiger partial charge on any atom is -0.429 e. The Morgan fingerprint density at radius 3 is 2.16 bits per heavy atom. The van der Waals surface area contributed by atoms with Crippen molar-refractivity contribution in [1.82, 2.24) is 15.1 Å². The monoisotopic (exact) mass is 462 g/mol. The number of nitrogens with zero attached hydrogens (tertiary/aromatic N) is 2. The Kier molecular flexibility index (Phi) is 7.82. The lowest BCUT2D eigenvalue weighted by Crippen LogP contribution is -2.49. The van der Waals surface area contributed by atoms with Crippen molar-refractivity contribution in [3.8, 4) is 0 Å². The third-order valence-electron chi connectivity index (χ3n) is 4.49. The largest absolute Gasteiger partial charge is 0.459 e. The van der Waals surface area contributed by atoms with E-state index in [1.165, 1.54) is 13.8 Å². The van der Waals surface area contributed by atoms with E-state index in [4.69, 9.17) is 10.1 Å². The Morgan fingerprint density at radius 1 is 1.19 bits per heavy atom. The smallest absolute Gasteiger partial charge is 0.429 e. The molecular weight excluding hydrogens is 440 g/mol. The van der Waals surface area contributed by atoms with Gasteiger partial charge in [-0.2, -0.15) is 35.8 Å². The number of ether oxygens (including phenoxy) is 1. The maximum atomic E-state index is 13.6. The second-order valence-electron chi connectivity index (χ2n) is 7.40.